The van der Waals surface area contributed by atoms with E-state index in [-0.39, 0.29) is 18.1 Å². The van der Waals surface area contributed by atoms with Crippen molar-refractivity contribution >= 4 is 11.9 Å². The Morgan fingerprint density at radius 2 is 1.90 bits per heavy atom. The maximum atomic E-state index is 12.3. The number of carboxylic acids is 1. The monoisotopic (exact) mass is 281 g/mol. The molecule has 1 saturated heterocycles. The Morgan fingerprint density at radius 3 is 2.50 bits per heavy atom. The molecule has 0 aromatic carbocycles. The van der Waals surface area contributed by atoms with Crippen molar-refractivity contribution in [3.05, 3.63) is 12.2 Å². The summed E-state index contributed by atoms with van der Waals surface area (Å²) in [6.45, 7) is 4.10. The normalized spacial score (nSPS) is 32.3. The third kappa shape index (κ3) is 3.03. The number of rotatable bonds is 7. The fourth-order valence-corrected chi connectivity index (χ4v) is 3.03. The maximum absolute atomic E-state index is 12.3. The van der Waals surface area contributed by atoms with Crippen molar-refractivity contribution in [3.8, 4) is 0 Å². The lowest BCUT2D eigenvalue weighted by Crippen LogP contribution is -2.45. The van der Waals surface area contributed by atoms with Gasteiger partial charge in [-0.1, -0.05) is 38.3 Å². The molecular formula is C15H23NO4. The molecule has 5 heteroatoms. The molecule has 0 aliphatic carbocycles. The molecule has 20 heavy (non-hydrogen) atoms. The lowest BCUT2D eigenvalue weighted by Gasteiger charge is -2.23. The third-order valence-corrected chi connectivity index (χ3v) is 4.12. The van der Waals surface area contributed by atoms with E-state index < -0.39 is 23.9 Å². The molecule has 2 rings (SSSR count). The quantitative estimate of drug-likeness (QED) is 0.550. The number of carbonyl (C=O) groups is 2. The molecule has 2 heterocycles. The van der Waals surface area contributed by atoms with E-state index in [0.717, 1.165) is 25.7 Å². The number of aliphatic carboxylic acids is 1. The van der Waals surface area contributed by atoms with E-state index in [4.69, 9.17) is 4.74 Å². The van der Waals surface area contributed by atoms with Gasteiger partial charge in [-0.3, -0.25) is 9.59 Å². The average molecular weight is 281 g/mol. The Balaban J connectivity index is 1.91. The number of carbonyl (C=O) groups excluding carboxylic acids is 1. The third-order valence-electron chi connectivity index (χ3n) is 4.12. The van der Waals surface area contributed by atoms with Crippen LogP contribution in [0.3, 0.4) is 0 Å². The van der Waals surface area contributed by atoms with Crippen LogP contribution in [0, 0.1) is 11.8 Å². The van der Waals surface area contributed by atoms with Crippen LogP contribution < -0.4 is 5.32 Å². The van der Waals surface area contributed by atoms with Crippen LogP contribution in [0.25, 0.3) is 0 Å². The van der Waals surface area contributed by atoms with Gasteiger partial charge in [-0.15, -0.1) is 0 Å². The standard InChI is InChI=1S/C15H23NO4/c1-3-4-5-6-9(2)16-14(17)12-10-7-8-11(20-10)13(12)15(18)19/h7-13H,3-6H2,1-2H3,(H,16,17)(H,18,19)/t9-,10+,11-,12-,13+/m1/s1. The van der Waals surface area contributed by atoms with Crippen LogP contribution >= 0.6 is 0 Å². The van der Waals surface area contributed by atoms with Gasteiger partial charge in [-0.05, 0) is 13.3 Å². The maximum Gasteiger partial charge on any atom is 0.310 e. The van der Waals surface area contributed by atoms with Crippen LogP contribution in [-0.2, 0) is 14.3 Å². The molecule has 5 nitrogen and oxygen atoms in total. The zero-order valence-electron chi connectivity index (χ0n) is 12.0. The molecule has 2 bridgehead atoms. The number of ether oxygens (including phenoxy) is 1. The minimum Gasteiger partial charge on any atom is -0.481 e. The van der Waals surface area contributed by atoms with E-state index in [1.54, 1.807) is 12.2 Å². The number of carboxylic acid groups (broad SMARTS) is 1. The number of nitrogens with one attached hydrogen (secondary N) is 1. The van der Waals surface area contributed by atoms with E-state index in [1.807, 2.05) is 6.92 Å². The van der Waals surface area contributed by atoms with Gasteiger partial charge in [0.15, 0.2) is 0 Å². The minimum absolute atomic E-state index is 0.0756. The molecule has 5 atom stereocenters. The van der Waals surface area contributed by atoms with Gasteiger partial charge >= 0.3 is 5.97 Å². The SMILES string of the molecule is CCCCC[C@@H](C)NC(=O)[C@H]1[C@@H](C(=O)O)[C@H]2C=C[C@@H]1O2. The molecule has 1 fully saturated rings. The Kier molecular flexibility index (Phi) is 4.81. The van der Waals surface area contributed by atoms with Crippen LogP contribution in [0.4, 0.5) is 0 Å². The van der Waals surface area contributed by atoms with Crippen molar-refractivity contribution in [2.24, 2.45) is 11.8 Å². The van der Waals surface area contributed by atoms with Gasteiger partial charge in [0, 0.05) is 6.04 Å². The fourth-order valence-electron chi connectivity index (χ4n) is 3.03. The minimum atomic E-state index is -0.958. The summed E-state index contributed by atoms with van der Waals surface area (Å²) in [5.74, 6) is -2.51. The van der Waals surface area contributed by atoms with Gasteiger partial charge in [-0.25, -0.2) is 0 Å². The van der Waals surface area contributed by atoms with Gasteiger partial charge in [0.1, 0.15) is 5.92 Å². The predicted molar refractivity (Wildman–Crippen MR) is 74.2 cm³/mol. The summed E-state index contributed by atoms with van der Waals surface area (Å²) in [6.07, 6.45) is 7.01. The number of hydrogen-bond acceptors (Lipinski definition) is 3. The zero-order chi connectivity index (χ0) is 14.7. The highest BCUT2D eigenvalue weighted by Crippen LogP contribution is 2.39. The van der Waals surface area contributed by atoms with Gasteiger partial charge < -0.3 is 15.2 Å². The highest BCUT2D eigenvalue weighted by Gasteiger charge is 2.53. The molecule has 0 aromatic heterocycles. The largest absolute Gasteiger partial charge is 0.481 e. The highest BCUT2D eigenvalue weighted by molar-refractivity contribution is 5.87. The van der Waals surface area contributed by atoms with E-state index >= 15 is 0 Å². The van der Waals surface area contributed by atoms with Crippen LogP contribution in [0.15, 0.2) is 12.2 Å². The second kappa shape index (κ2) is 6.39. The Labute approximate surface area is 119 Å². The van der Waals surface area contributed by atoms with Crippen molar-refractivity contribution < 1.29 is 19.4 Å². The topological polar surface area (TPSA) is 75.6 Å². The Morgan fingerprint density at radius 1 is 1.25 bits per heavy atom. The van der Waals surface area contributed by atoms with Gasteiger partial charge in [0.2, 0.25) is 5.91 Å². The summed E-state index contributed by atoms with van der Waals surface area (Å²) in [5.41, 5.74) is 0. The first-order valence-corrected chi connectivity index (χ1v) is 7.41. The first-order chi connectivity index (χ1) is 9.54. The smallest absolute Gasteiger partial charge is 0.310 e. The first kappa shape index (κ1) is 15.0. The molecular weight excluding hydrogens is 258 g/mol. The molecule has 1 amide bonds. The van der Waals surface area contributed by atoms with Crippen LogP contribution in [0.5, 0.6) is 0 Å². The van der Waals surface area contributed by atoms with Gasteiger partial charge in [0.05, 0.1) is 18.1 Å². The number of amides is 1. The summed E-state index contributed by atoms with van der Waals surface area (Å²) in [6, 6.07) is 0.0756. The number of unbranched alkanes of at least 4 members (excludes halogenated alkanes) is 2. The van der Waals surface area contributed by atoms with Crippen molar-refractivity contribution in [2.75, 3.05) is 0 Å². The van der Waals surface area contributed by atoms with Crippen molar-refractivity contribution in [1.82, 2.24) is 5.32 Å². The summed E-state index contributed by atoms with van der Waals surface area (Å²) in [5, 5.41) is 12.2. The molecule has 112 valence electrons. The van der Waals surface area contributed by atoms with Crippen molar-refractivity contribution in [1.29, 1.82) is 0 Å². The lowest BCUT2D eigenvalue weighted by atomic mass is 9.82. The molecule has 2 N–H and O–H groups in total. The molecule has 2 aliphatic rings. The summed E-state index contributed by atoms with van der Waals surface area (Å²) >= 11 is 0. The second-order valence-corrected chi connectivity index (χ2v) is 5.75. The molecule has 0 saturated carbocycles. The number of fused-ring (bicyclic) bond motifs is 2. The van der Waals surface area contributed by atoms with Crippen LogP contribution in [0.2, 0.25) is 0 Å². The zero-order valence-corrected chi connectivity index (χ0v) is 12.0. The van der Waals surface area contributed by atoms with E-state index in [1.165, 1.54) is 0 Å². The van der Waals surface area contributed by atoms with E-state index in [9.17, 15) is 14.7 Å². The van der Waals surface area contributed by atoms with Gasteiger partial charge in [0.25, 0.3) is 0 Å². The molecule has 0 aromatic rings. The second-order valence-electron chi connectivity index (χ2n) is 5.75. The molecule has 0 spiro atoms. The summed E-state index contributed by atoms with van der Waals surface area (Å²) in [7, 11) is 0. The molecule has 0 unspecified atom stereocenters. The fraction of sp³-hybridized carbons (Fsp3) is 0.733. The van der Waals surface area contributed by atoms with Crippen molar-refractivity contribution in [2.45, 2.75) is 57.8 Å². The van der Waals surface area contributed by atoms with Gasteiger partial charge in [-0.2, -0.15) is 0 Å². The molecule has 0 radical (unpaired) electrons. The first-order valence-electron chi connectivity index (χ1n) is 7.41. The highest BCUT2D eigenvalue weighted by atomic mass is 16.5. The van der Waals surface area contributed by atoms with Crippen molar-refractivity contribution in [3.63, 3.8) is 0 Å². The van der Waals surface area contributed by atoms with Crippen LogP contribution in [-0.4, -0.2) is 35.2 Å². The van der Waals surface area contributed by atoms with E-state index in [0.29, 0.717) is 0 Å². The number of hydrogen-bond donors (Lipinski definition) is 2. The predicted octanol–water partition coefficient (Wildman–Crippen LogP) is 1.73. The summed E-state index contributed by atoms with van der Waals surface area (Å²) in [4.78, 5) is 23.6. The van der Waals surface area contributed by atoms with E-state index in [2.05, 4.69) is 12.2 Å². The molecule has 2 aliphatic heterocycles. The Hall–Kier alpha value is -1.36. The van der Waals surface area contributed by atoms with Crippen LogP contribution in [0.1, 0.15) is 39.5 Å². The Bertz CT molecular complexity index is 407. The average Bonchev–Trinajstić information content (AvgIpc) is 2.98. The lowest BCUT2D eigenvalue weighted by molar-refractivity contribution is -0.146. The summed E-state index contributed by atoms with van der Waals surface area (Å²) < 4.78 is 5.51.